The monoisotopic (exact) mass is 477 g/mol. The normalized spacial score (nSPS) is 12.0. The number of carboxylic acids is 3. The van der Waals surface area contributed by atoms with Crippen LogP contribution in [0.3, 0.4) is 0 Å². The van der Waals surface area contributed by atoms with Crippen molar-refractivity contribution in [1.82, 2.24) is 0 Å². The molecule has 0 aromatic heterocycles. The predicted octanol–water partition coefficient (Wildman–Crippen LogP) is 1.22. The lowest BCUT2D eigenvalue weighted by Gasteiger charge is -2.24. The Hall–Kier alpha value is -1.58. The smallest absolute Gasteiger partial charge is 0.306 e. The number of carbonyl (C=O) groups excluding carboxylic acids is 1. The van der Waals surface area contributed by atoms with E-state index in [1.54, 1.807) is 4.90 Å². The number of allylic oxidation sites excluding steroid dienone is 2. The number of rotatable bonds is 17. The number of nitrogens with one attached hydrogen (secondary N) is 1. The Labute approximate surface area is 197 Å². The van der Waals surface area contributed by atoms with Crippen molar-refractivity contribution in [2.75, 3.05) is 31.1 Å². The van der Waals surface area contributed by atoms with Crippen molar-refractivity contribution < 1.29 is 39.7 Å². The summed E-state index contributed by atoms with van der Waals surface area (Å²) in [6.07, 6.45) is 3.42. The predicted molar refractivity (Wildman–Crippen MR) is 126 cm³/mol. The van der Waals surface area contributed by atoms with E-state index >= 15 is 0 Å². The van der Waals surface area contributed by atoms with Crippen LogP contribution in [0.25, 0.3) is 0 Å². The highest BCUT2D eigenvalue weighted by molar-refractivity contribution is 7.99. The fourth-order valence-electron chi connectivity index (χ4n) is 3.07. The fourth-order valence-corrected chi connectivity index (χ4v) is 4.16. The average Bonchev–Trinajstić information content (AvgIpc) is 2.62. The summed E-state index contributed by atoms with van der Waals surface area (Å²) >= 11 is 2.15. The molecule has 0 fully saturated rings. The van der Waals surface area contributed by atoms with Gasteiger partial charge in [-0.05, 0) is 58.0 Å². The van der Waals surface area contributed by atoms with Crippen LogP contribution >= 0.6 is 11.8 Å². The summed E-state index contributed by atoms with van der Waals surface area (Å²) in [5.41, 5.74) is -0.840. The second kappa shape index (κ2) is 18.9. The topological polar surface area (TPSA) is 139 Å². The van der Waals surface area contributed by atoms with Crippen LogP contribution in [0.1, 0.15) is 73.1 Å². The summed E-state index contributed by atoms with van der Waals surface area (Å²) in [6, 6.07) is 0. The van der Waals surface area contributed by atoms with E-state index in [2.05, 4.69) is 52.5 Å². The number of aliphatic carboxylic acids is 3. The van der Waals surface area contributed by atoms with Crippen molar-refractivity contribution in [3.63, 3.8) is 0 Å². The molecule has 1 unspecified atom stereocenters. The summed E-state index contributed by atoms with van der Waals surface area (Å²) in [5, 5.41) is 36.1. The lowest BCUT2D eigenvalue weighted by molar-refractivity contribution is -0.896. The SMILES string of the molecule is CC[NH+](CC)CCCSCC(C)CCC=C(C)C.O=C([O-])CC(O)(CC(=O)O)CC(=O)O. The summed E-state index contributed by atoms with van der Waals surface area (Å²) in [7, 11) is 0. The molecule has 0 amide bonds. The highest BCUT2D eigenvalue weighted by Crippen LogP contribution is 2.19. The minimum atomic E-state index is -2.30. The fraction of sp³-hybridized carbons (Fsp3) is 0.783. The first-order valence-corrected chi connectivity index (χ1v) is 12.4. The molecule has 0 saturated heterocycles. The third-order valence-electron chi connectivity index (χ3n) is 4.87. The number of aliphatic hydroxyl groups is 1. The Morgan fingerprint density at radius 2 is 1.59 bits per heavy atom. The van der Waals surface area contributed by atoms with Gasteiger partial charge in [0.1, 0.15) is 0 Å². The summed E-state index contributed by atoms with van der Waals surface area (Å²) in [5.74, 6) is -1.10. The van der Waals surface area contributed by atoms with Gasteiger partial charge in [-0.1, -0.05) is 18.6 Å². The Bertz CT molecular complexity index is 532. The van der Waals surface area contributed by atoms with E-state index in [-0.39, 0.29) is 0 Å². The molecule has 0 aliphatic rings. The van der Waals surface area contributed by atoms with Gasteiger partial charge < -0.3 is 30.1 Å². The van der Waals surface area contributed by atoms with Gasteiger partial charge in [0.15, 0.2) is 0 Å². The molecule has 0 radical (unpaired) electrons. The van der Waals surface area contributed by atoms with Gasteiger partial charge in [0, 0.05) is 18.8 Å². The molecular weight excluding hydrogens is 434 g/mol. The van der Waals surface area contributed by atoms with E-state index in [0.29, 0.717) is 0 Å². The van der Waals surface area contributed by atoms with E-state index < -0.39 is 42.8 Å². The van der Waals surface area contributed by atoms with Crippen molar-refractivity contribution in [1.29, 1.82) is 0 Å². The quantitative estimate of drug-likeness (QED) is 0.181. The summed E-state index contributed by atoms with van der Waals surface area (Å²) < 4.78 is 0. The van der Waals surface area contributed by atoms with Crippen molar-refractivity contribution in [3.8, 4) is 0 Å². The lowest BCUT2D eigenvalue weighted by Crippen LogP contribution is -3.11. The van der Waals surface area contributed by atoms with Crippen LogP contribution in [-0.4, -0.2) is 70.0 Å². The van der Waals surface area contributed by atoms with Gasteiger partial charge in [-0.2, -0.15) is 11.8 Å². The van der Waals surface area contributed by atoms with Crippen molar-refractivity contribution in [2.45, 2.75) is 78.7 Å². The molecule has 0 rings (SSSR count). The van der Waals surface area contributed by atoms with E-state index in [9.17, 15) is 24.6 Å². The molecule has 0 bridgehead atoms. The number of hydrogen-bond donors (Lipinski definition) is 4. The third-order valence-corrected chi connectivity index (χ3v) is 6.25. The van der Waals surface area contributed by atoms with Crippen LogP contribution in [0, 0.1) is 5.92 Å². The first-order valence-electron chi connectivity index (χ1n) is 11.3. The van der Waals surface area contributed by atoms with E-state index in [1.165, 1.54) is 56.0 Å². The molecule has 1 atom stereocenters. The minimum absolute atomic E-state index is 0.867. The molecule has 0 heterocycles. The minimum Gasteiger partial charge on any atom is -0.550 e. The van der Waals surface area contributed by atoms with E-state index in [0.717, 1.165) is 5.92 Å². The second-order valence-corrected chi connectivity index (χ2v) is 9.66. The van der Waals surface area contributed by atoms with E-state index in [1.807, 2.05) is 0 Å². The lowest BCUT2D eigenvalue weighted by atomic mass is 9.92. The van der Waals surface area contributed by atoms with Gasteiger partial charge in [0.2, 0.25) is 0 Å². The maximum absolute atomic E-state index is 10.2. The first-order chi connectivity index (χ1) is 14.8. The van der Waals surface area contributed by atoms with Crippen molar-refractivity contribution >= 4 is 29.7 Å². The summed E-state index contributed by atoms with van der Waals surface area (Å²) in [4.78, 5) is 32.3. The van der Waals surface area contributed by atoms with Crippen LogP contribution in [0.5, 0.6) is 0 Å². The number of hydrogen-bond acceptors (Lipinski definition) is 6. The average molecular weight is 478 g/mol. The number of thioether (sulfide) groups is 1. The van der Waals surface area contributed by atoms with Crippen molar-refractivity contribution in [3.05, 3.63) is 11.6 Å². The number of quaternary nitrogens is 1. The molecule has 0 spiro atoms. The summed E-state index contributed by atoms with van der Waals surface area (Å²) in [6.45, 7) is 15.3. The van der Waals surface area contributed by atoms with Crippen molar-refractivity contribution in [2.24, 2.45) is 5.92 Å². The highest BCUT2D eigenvalue weighted by atomic mass is 32.2. The van der Waals surface area contributed by atoms with Gasteiger partial charge in [0.25, 0.3) is 0 Å². The highest BCUT2D eigenvalue weighted by Gasteiger charge is 2.33. The van der Waals surface area contributed by atoms with Crippen LogP contribution in [0.2, 0.25) is 0 Å². The second-order valence-electron chi connectivity index (χ2n) is 8.51. The zero-order chi connectivity index (χ0) is 25.2. The molecule has 0 saturated carbocycles. The Morgan fingerprint density at radius 3 is 2.00 bits per heavy atom. The Kier molecular flexibility index (Phi) is 19.3. The van der Waals surface area contributed by atoms with Gasteiger partial charge in [-0.25, -0.2) is 0 Å². The molecule has 0 aliphatic heterocycles. The molecule has 188 valence electrons. The third kappa shape index (κ3) is 21.6. The molecule has 0 aromatic rings. The van der Waals surface area contributed by atoms with Crippen LogP contribution in [-0.2, 0) is 14.4 Å². The van der Waals surface area contributed by atoms with Crippen LogP contribution in [0.15, 0.2) is 11.6 Å². The standard InChI is InChI=1S/C16H33NS.C7H10O7/c1-6-17(7-2)12-9-13-18-14-16(5)11-8-10-15(3)4;8-4(9)1-7(14,2-5(10)11)3-6(12)13/h10,16H,6-9,11-14H2,1-5H3;14H,1-3H2,(H,8,9)(H,10,11)(H,12,13). The largest absolute Gasteiger partial charge is 0.550 e. The zero-order valence-corrected chi connectivity index (χ0v) is 21.1. The van der Waals surface area contributed by atoms with Gasteiger partial charge in [0.05, 0.1) is 38.1 Å². The van der Waals surface area contributed by atoms with Gasteiger partial charge in [-0.15, -0.1) is 0 Å². The van der Waals surface area contributed by atoms with Crippen LogP contribution < -0.4 is 10.0 Å². The maximum atomic E-state index is 10.2. The van der Waals surface area contributed by atoms with E-state index in [4.69, 9.17) is 10.2 Å². The molecule has 4 N–H and O–H groups in total. The molecule has 8 nitrogen and oxygen atoms in total. The maximum Gasteiger partial charge on any atom is 0.306 e. The van der Waals surface area contributed by atoms with Crippen LogP contribution in [0.4, 0.5) is 0 Å². The molecule has 0 aromatic carbocycles. The molecular formula is C23H43NO7S. The first kappa shape index (κ1) is 32.6. The Morgan fingerprint density at radius 1 is 1.06 bits per heavy atom. The Balaban J connectivity index is 0. The zero-order valence-electron chi connectivity index (χ0n) is 20.3. The molecule has 0 aliphatic carbocycles. The molecule has 9 heteroatoms. The van der Waals surface area contributed by atoms with Gasteiger partial charge in [-0.3, -0.25) is 9.59 Å². The molecule has 32 heavy (non-hydrogen) atoms. The number of carbonyl (C=O) groups is 3. The number of carboxylic acid groups (broad SMARTS) is 3. The van der Waals surface area contributed by atoms with Gasteiger partial charge >= 0.3 is 11.9 Å².